The molecule has 1 aliphatic heterocycles. The first-order chi connectivity index (χ1) is 9.75. The highest BCUT2D eigenvalue weighted by Gasteiger charge is 2.18. The van der Waals surface area contributed by atoms with Crippen LogP contribution in [0, 0.1) is 0 Å². The Morgan fingerprint density at radius 2 is 1.95 bits per heavy atom. The normalized spacial score (nSPS) is 14.8. The van der Waals surface area contributed by atoms with Gasteiger partial charge in [-0.05, 0) is 23.7 Å². The van der Waals surface area contributed by atoms with Crippen molar-refractivity contribution in [1.82, 2.24) is 0 Å². The Bertz CT molecular complexity index is 635. The lowest BCUT2D eigenvalue weighted by molar-refractivity contribution is 0.174. The molecular formula is C14H21NO4SSi. The van der Waals surface area contributed by atoms with Crippen LogP contribution < -0.4 is 9.47 Å². The molecule has 5 nitrogen and oxygen atoms in total. The third-order valence-corrected chi connectivity index (χ3v) is 6.41. The summed E-state index contributed by atoms with van der Waals surface area (Å²) in [6, 6.07) is 6.29. The summed E-state index contributed by atoms with van der Waals surface area (Å²) in [6.07, 6.45) is 1.92. The average Bonchev–Trinajstić information content (AvgIpc) is 2.83. The minimum absolute atomic E-state index is 0.139. The molecule has 0 fully saturated rings. The number of rotatable bonds is 6. The van der Waals surface area contributed by atoms with Crippen molar-refractivity contribution >= 4 is 24.3 Å². The Balaban J connectivity index is 1.92. The van der Waals surface area contributed by atoms with Gasteiger partial charge >= 0.3 is 0 Å². The summed E-state index contributed by atoms with van der Waals surface area (Å²) in [5.41, 5.74) is 0.948. The molecular weight excluding hydrogens is 306 g/mol. The molecule has 0 amide bonds. The standard InChI is InChI=1S/C14H21NO4SSi/c1-21(2,3)9-8-20(16,17)15-7-6-12-4-5-13-14(10-12)19-11-18-13/h4-5,7,10H,6,8-9,11H2,1-3H3/b15-7+. The van der Waals surface area contributed by atoms with E-state index >= 15 is 0 Å². The summed E-state index contributed by atoms with van der Waals surface area (Å²) in [7, 11) is -4.71. The summed E-state index contributed by atoms with van der Waals surface area (Å²) in [6.45, 7) is 6.69. The second-order valence-electron chi connectivity index (χ2n) is 6.28. The van der Waals surface area contributed by atoms with Gasteiger partial charge in [0.1, 0.15) is 0 Å². The molecule has 0 unspecified atom stereocenters. The molecule has 0 atom stereocenters. The highest BCUT2D eigenvalue weighted by atomic mass is 32.2. The van der Waals surface area contributed by atoms with Gasteiger partial charge in [-0.15, -0.1) is 0 Å². The third-order valence-electron chi connectivity index (χ3n) is 3.11. The maximum absolute atomic E-state index is 11.8. The van der Waals surface area contributed by atoms with Gasteiger partial charge in [0.25, 0.3) is 10.0 Å². The average molecular weight is 327 g/mol. The van der Waals surface area contributed by atoms with Crippen LogP contribution in [0.3, 0.4) is 0 Å². The molecule has 1 aromatic carbocycles. The first-order valence-electron chi connectivity index (χ1n) is 6.90. The van der Waals surface area contributed by atoms with Gasteiger partial charge in [0, 0.05) is 20.7 Å². The maximum atomic E-state index is 11.8. The lowest BCUT2D eigenvalue weighted by Crippen LogP contribution is -2.23. The highest BCUT2D eigenvalue weighted by molar-refractivity contribution is 7.90. The molecule has 2 rings (SSSR count). The van der Waals surface area contributed by atoms with E-state index in [0.29, 0.717) is 12.2 Å². The fourth-order valence-electron chi connectivity index (χ4n) is 1.81. The number of hydrogen-bond donors (Lipinski definition) is 0. The Hall–Kier alpha value is -1.34. The fraction of sp³-hybridized carbons (Fsp3) is 0.500. The monoisotopic (exact) mass is 327 g/mol. The summed E-state index contributed by atoms with van der Waals surface area (Å²) >= 11 is 0. The van der Waals surface area contributed by atoms with E-state index in [2.05, 4.69) is 24.0 Å². The Labute approximate surface area is 127 Å². The van der Waals surface area contributed by atoms with Gasteiger partial charge in [0.15, 0.2) is 11.5 Å². The van der Waals surface area contributed by atoms with Crippen LogP contribution >= 0.6 is 0 Å². The van der Waals surface area contributed by atoms with E-state index in [9.17, 15) is 8.42 Å². The molecule has 116 valence electrons. The van der Waals surface area contributed by atoms with Gasteiger partial charge in [0.05, 0.1) is 5.75 Å². The number of nitrogens with zero attached hydrogens (tertiary/aromatic N) is 1. The van der Waals surface area contributed by atoms with Crippen molar-refractivity contribution in [2.45, 2.75) is 32.1 Å². The van der Waals surface area contributed by atoms with Crippen molar-refractivity contribution in [2.24, 2.45) is 4.40 Å². The van der Waals surface area contributed by atoms with E-state index in [0.717, 1.165) is 17.4 Å². The van der Waals surface area contributed by atoms with E-state index in [1.165, 1.54) is 6.21 Å². The summed E-state index contributed by atoms with van der Waals surface area (Å²) < 4.78 is 37.9. The topological polar surface area (TPSA) is 65.0 Å². The minimum Gasteiger partial charge on any atom is -0.454 e. The lowest BCUT2D eigenvalue weighted by atomic mass is 10.1. The largest absolute Gasteiger partial charge is 0.454 e. The molecule has 1 aromatic rings. The second-order valence-corrected chi connectivity index (χ2v) is 13.7. The van der Waals surface area contributed by atoms with E-state index < -0.39 is 18.1 Å². The van der Waals surface area contributed by atoms with Crippen molar-refractivity contribution in [3.05, 3.63) is 23.8 Å². The highest BCUT2D eigenvalue weighted by Crippen LogP contribution is 2.32. The minimum atomic E-state index is -3.35. The third kappa shape index (κ3) is 5.17. The zero-order valence-electron chi connectivity index (χ0n) is 12.6. The quantitative estimate of drug-likeness (QED) is 0.595. The van der Waals surface area contributed by atoms with E-state index in [-0.39, 0.29) is 12.5 Å². The molecule has 0 bridgehead atoms. The molecule has 0 N–H and O–H groups in total. The molecule has 0 saturated heterocycles. The first-order valence-corrected chi connectivity index (χ1v) is 12.2. The summed E-state index contributed by atoms with van der Waals surface area (Å²) in [4.78, 5) is 0. The van der Waals surface area contributed by atoms with Gasteiger partial charge in [-0.25, -0.2) is 8.42 Å². The molecule has 21 heavy (non-hydrogen) atoms. The molecule has 0 saturated carbocycles. The van der Waals surface area contributed by atoms with Gasteiger partial charge in [-0.2, -0.15) is 4.40 Å². The molecule has 0 spiro atoms. The number of ether oxygens (including phenoxy) is 2. The number of hydrogen-bond acceptors (Lipinski definition) is 4. The number of fused-ring (bicyclic) bond motifs is 1. The van der Waals surface area contributed by atoms with Crippen LogP contribution in [0.15, 0.2) is 22.6 Å². The smallest absolute Gasteiger partial charge is 0.252 e. The number of sulfonamides is 1. The van der Waals surface area contributed by atoms with Crippen LogP contribution in [0.25, 0.3) is 0 Å². The molecule has 7 heteroatoms. The van der Waals surface area contributed by atoms with Crippen molar-refractivity contribution in [1.29, 1.82) is 0 Å². The SMILES string of the molecule is C[Si](C)(C)CCS(=O)(=O)/N=C/Cc1ccc2c(c1)OCO2. The molecule has 1 aliphatic rings. The molecule has 0 aromatic heterocycles. The van der Waals surface area contributed by atoms with E-state index in [1.54, 1.807) is 0 Å². The Morgan fingerprint density at radius 3 is 2.67 bits per heavy atom. The fourth-order valence-corrected chi connectivity index (χ4v) is 5.70. The molecule has 1 heterocycles. The van der Waals surface area contributed by atoms with Crippen LogP contribution in [-0.2, 0) is 16.4 Å². The first kappa shape index (κ1) is 16.0. The summed E-state index contributed by atoms with van der Waals surface area (Å²) in [5.74, 6) is 1.56. The van der Waals surface area contributed by atoms with Gasteiger partial charge in [0.2, 0.25) is 6.79 Å². The van der Waals surface area contributed by atoms with Crippen molar-refractivity contribution in [2.75, 3.05) is 12.5 Å². The predicted octanol–water partition coefficient (Wildman–Crippen LogP) is 2.70. The van der Waals surface area contributed by atoms with Crippen LogP contribution in [0.2, 0.25) is 25.7 Å². The molecule has 0 radical (unpaired) electrons. The zero-order valence-corrected chi connectivity index (χ0v) is 14.4. The van der Waals surface area contributed by atoms with Crippen LogP contribution in [-0.4, -0.2) is 35.3 Å². The Kier molecular flexibility index (Phi) is 4.73. The van der Waals surface area contributed by atoms with Crippen LogP contribution in [0.1, 0.15) is 5.56 Å². The maximum Gasteiger partial charge on any atom is 0.252 e. The van der Waals surface area contributed by atoms with Gasteiger partial charge in [-0.3, -0.25) is 0 Å². The summed E-state index contributed by atoms with van der Waals surface area (Å²) in [5, 5.41) is 0. The van der Waals surface area contributed by atoms with Gasteiger partial charge in [-0.1, -0.05) is 25.7 Å². The second kappa shape index (κ2) is 6.19. The van der Waals surface area contributed by atoms with Gasteiger partial charge < -0.3 is 9.47 Å². The van der Waals surface area contributed by atoms with Crippen molar-refractivity contribution in [3.63, 3.8) is 0 Å². The van der Waals surface area contributed by atoms with Crippen molar-refractivity contribution < 1.29 is 17.9 Å². The van der Waals surface area contributed by atoms with E-state index in [1.807, 2.05) is 18.2 Å². The van der Waals surface area contributed by atoms with Crippen molar-refractivity contribution in [3.8, 4) is 11.5 Å². The zero-order chi connectivity index (χ0) is 15.5. The lowest BCUT2D eigenvalue weighted by Gasteiger charge is -2.13. The van der Waals surface area contributed by atoms with E-state index in [4.69, 9.17) is 9.47 Å². The molecule has 0 aliphatic carbocycles. The van der Waals surface area contributed by atoms with Crippen LogP contribution in [0.5, 0.6) is 11.5 Å². The predicted molar refractivity (Wildman–Crippen MR) is 86.7 cm³/mol. The Morgan fingerprint density at radius 1 is 1.24 bits per heavy atom. The number of benzene rings is 1. The van der Waals surface area contributed by atoms with Crippen LogP contribution in [0.4, 0.5) is 0 Å².